The van der Waals surface area contributed by atoms with Crippen molar-refractivity contribution in [1.82, 2.24) is 5.32 Å². The van der Waals surface area contributed by atoms with E-state index < -0.39 is 11.7 Å². The molecule has 0 unspecified atom stereocenters. The predicted molar refractivity (Wildman–Crippen MR) is 148 cm³/mol. The van der Waals surface area contributed by atoms with Gasteiger partial charge in [0.15, 0.2) is 0 Å². The number of carbonyl (C=O) groups excluding carboxylic acids is 2. The van der Waals surface area contributed by atoms with Crippen molar-refractivity contribution in [3.63, 3.8) is 0 Å². The van der Waals surface area contributed by atoms with Gasteiger partial charge in [-0.25, -0.2) is 4.79 Å². The highest BCUT2D eigenvalue weighted by atomic mass is 16.6. The minimum absolute atomic E-state index is 0.146. The number of hydrogen-bond acceptors (Lipinski definition) is 10. The molecule has 0 spiro atoms. The molecule has 11 heteroatoms. The normalized spacial score (nSPS) is 11.5. The number of carbonyl (C=O) groups is 2. The highest BCUT2D eigenvalue weighted by Crippen LogP contribution is 2.07. The lowest BCUT2D eigenvalue weighted by Crippen LogP contribution is -2.34. The number of esters is 1. The topological polar surface area (TPSA) is 120 Å². The van der Waals surface area contributed by atoms with Gasteiger partial charge in [-0.05, 0) is 27.2 Å². The average Bonchev–Trinajstić information content (AvgIpc) is 2.88. The summed E-state index contributed by atoms with van der Waals surface area (Å²) in [7, 11) is 0. The van der Waals surface area contributed by atoms with E-state index in [-0.39, 0.29) is 12.6 Å². The molecule has 0 aromatic rings. The molecular weight excluding hydrogens is 510 g/mol. The van der Waals surface area contributed by atoms with E-state index >= 15 is 0 Å². The fourth-order valence-corrected chi connectivity index (χ4v) is 3.08. The second-order valence-corrected chi connectivity index (χ2v) is 9.84. The number of hydrogen-bond donors (Lipinski definition) is 1. The Morgan fingerprint density at radius 2 is 0.974 bits per heavy atom. The molecule has 0 aliphatic heterocycles. The summed E-state index contributed by atoms with van der Waals surface area (Å²) >= 11 is 0. The summed E-state index contributed by atoms with van der Waals surface area (Å²) in [6.07, 6.45) is 6.96. The van der Waals surface area contributed by atoms with E-state index in [9.17, 15) is 9.59 Å². The van der Waals surface area contributed by atoms with Crippen LogP contribution in [-0.4, -0.2) is 110 Å². The van der Waals surface area contributed by atoms with Gasteiger partial charge in [0.25, 0.3) is 0 Å². The molecule has 0 radical (unpaired) electrons. The van der Waals surface area contributed by atoms with Gasteiger partial charge in [0.05, 0.1) is 79.3 Å². The first-order chi connectivity index (χ1) is 18.8. The molecule has 0 fully saturated rings. The average molecular weight is 566 g/mol. The van der Waals surface area contributed by atoms with Crippen LogP contribution in [0.1, 0.15) is 72.6 Å². The Hall–Kier alpha value is -1.50. The fraction of sp³-hybridized carbons (Fsp3) is 0.929. The Morgan fingerprint density at radius 3 is 1.44 bits per heavy atom. The Labute approximate surface area is 235 Å². The first kappa shape index (κ1) is 37.5. The second kappa shape index (κ2) is 28.0. The number of unbranched alkanes of at least 4 members (excludes halogenated alkanes) is 5. The monoisotopic (exact) mass is 565 g/mol. The minimum Gasteiger partial charge on any atom is -0.463 e. The minimum atomic E-state index is -0.509. The summed E-state index contributed by atoms with van der Waals surface area (Å²) in [6, 6.07) is 0. The van der Waals surface area contributed by atoms with E-state index in [0.29, 0.717) is 92.2 Å². The third-order valence-electron chi connectivity index (χ3n) is 5.00. The molecule has 0 aliphatic carbocycles. The van der Waals surface area contributed by atoms with E-state index in [1.54, 1.807) is 0 Å². The van der Waals surface area contributed by atoms with Crippen LogP contribution in [-0.2, 0) is 42.7 Å². The lowest BCUT2D eigenvalue weighted by molar-refractivity contribution is -0.145. The Kier molecular flexibility index (Phi) is 27.0. The van der Waals surface area contributed by atoms with Crippen LogP contribution < -0.4 is 5.32 Å². The van der Waals surface area contributed by atoms with Crippen molar-refractivity contribution in [1.29, 1.82) is 0 Å². The standard InChI is InChI=1S/C28H55NO10/c1-5-6-7-8-9-10-11-26(30)38-25-24-37-23-22-36-21-20-35-19-18-34-17-16-33-15-14-32-13-12-29-27(31)39-28(2,3)4/h5-25H2,1-4H3,(H,29,31). The lowest BCUT2D eigenvalue weighted by Gasteiger charge is -2.19. The summed E-state index contributed by atoms with van der Waals surface area (Å²) in [6.45, 7) is 13.8. The molecule has 0 atom stereocenters. The molecule has 1 amide bonds. The largest absolute Gasteiger partial charge is 0.463 e. The maximum absolute atomic E-state index is 11.6. The fourth-order valence-electron chi connectivity index (χ4n) is 3.08. The molecule has 0 saturated carbocycles. The SMILES string of the molecule is CCCCCCCCC(=O)OCCOCCOCCOCCOCCOCCOCCNC(=O)OC(C)(C)C. The molecule has 39 heavy (non-hydrogen) atoms. The zero-order chi connectivity index (χ0) is 28.9. The predicted octanol–water partition coefficient (Wildman–Crippen LogP) is 3.90. The van der Waals surface area contributed by atoms with Crippen molar-refractivity contribution >= 4 is 12.1 Å². The smallest absolute Gasteiger partial charge is 0.407 e. The molecule has 232 valence electrons. The summed E-state index contributed by atoms with van der Waals surface area (Å²) in [5, 5.41) is 2.62. The van der Waals surface area contributed by atoms with Gasteiger partial charge in [-0.3, -0.25) is 4.79 Å². The van der Waals surface area contributed by atoms with Crippen molar-refractivity contribution in [2.75, 3.05) is 92.4 Å². The number of alkyl carbamates (subject to hydrolysis) is 1. The summed E-state index contributed by atoms with van der Waals surface area (Å²) in [5.74, 6) is -0.146. The molecule has 1 N–H and O–H groups in total. The lowest BCUT2D eigenvalue weighted by atomic mass is 10.1. The Balaban J connectivity index is 3.17. The first-order valence-electron chi connectivity index (χ1n) is 14.4. The Bertz CT molecular complexity index is 557. The molecule has 0 aromatic carbocycles. The molecule has 0 saturated heterocycles. The highest BCUT2D eigenvalue weighted by molar-refractivity contribution is 5.69. The van der Waals surface area contributed by atoms with Crippen molar-refractivity contribution in [3.05, 3.63) is 0 Å². The van der Waals surface area contributed by atoms with E-state index in [4.69, 9.17) is 37.9 Å². The molecule has 11 nitrogen and oxygen atoms in total. The molecule has 0 bridgehead atoms. The molecule has 0 heterocycles. The van der Waals surface area contributed by atoms with Crippen LogP contribution in [0.5, 0.6) is 0 Å². The third kappa shape index (κ3) is 32.6. The van der Waals surface area contributed by atoms with E-state index in [0.717, 1.165) is 12.8 Å². The van der Waals surface area contributed by atoms with Gasteiger partial charge in [0.1, 0.15) is 12.2 Å². The highest BCUT2D eigenvalue weighted by Gasteiger charge is 2.15. The molecule has 0 aromatic heterocycles. The van der Waals surface area contributed by atoms with Gasteiger partial charge in [0.2, 0.25) is 0 Å². The first-order valence-corrected chi connectivity index (χ1v) is 14.4. The summed E-state index contributed by atoms with van der Waals surface area (Å²) in [4.78, 5) is 23.1. The van der Waals surface area contributed by atoms with Crippen molar-refractivity contribution in [3.8, 4) is 0 Å². The Morgan fingerprint density at radius 1 is 0.564 bits per heavy atom. The van der Waals surface area contributed by atoms with Crippen LogP contribution in [0.3, 0.4) is 0 Å². The maximum atomic E-state index is 11.6. The quantitative estimate of drug-likeness (QED) is 0.110. The number of rotatable bonds is 28. The van der Waals surface area contributed by atoms with E-state index in [2.05, 4.69) is 12.2 Å². The van der Waals surface area contributed by atoms with E-state index in [1.807, 2.05) is 20.8 Å². The number of ether oxygens (including phenoxy) is 8. The third-order valence-corrected chi connectivity index (χ3v) is 5.00. The van der Waals surface area contributed by atoms with Crippen LogP contribution in [0.4, 0.5) is 4.79 Å². The zero-order valence-corrected chi connectivity index (χ0v) is 24.9. The van der Waals surface area contributed by atoms with Crippen LogP contribution in [0.25, 0.3) is 0 Å². The maximum Gasteiger partial charge on any atom is 0.407 e. The molecular formula is C28H55NO10. The van der Waals surface area contributed by atoms with Gasteiger partial charge in [-0.15, -0.1) is 0 Å². The van der Waals surface area contributed by atoms with Gasteiger partial charge in [-0.1, -0.05) is 39.0 Å². The van der Waals surface area contributed by atoms with Crippen LogP contribution >= 0.6 is 0 Å². The van der Waals surface area contributed by atoms with Crippen molar-refractivity contribution in [2.24, 2.45) is 0 Å². The molecule has 0 aliphatic rings. The number of amides is 1. The number of nitrogens with one attached hydrogen (secondary N) is 1. The van der Waals surface area contributed by atoms with Gasteiger partial charge < -0.3 is 43.2 Å². The second-order valence-electron chi connectivity index (χ2n) is 9.84. The van der Waals surface area contributed by atoms with Crippen molar-refractivity contribution in [2.45, 2.75) is 78.2 Å². The van der Waals surface area contributed by atoms with Crippen LogP contribution in [0.2, 0.25) is 0 Å². The molecule has 0 rings (SSSR count). The zero-order valence-electron chi connectivity index (χ0n) is 24.9. The van der Waals surface area contributed by atoms with Gasteiger partial charge >= 0.3 is 12.1 Å². The van der Waals surface area contributed by atoms with Crippen molar-refractivity contribution < 1.29 is 47.5 Å². The van der Waals surface area contributed by atoms with Crippen LogP contribution in [0, 0.1) is 0 Å². The summed E-state index contributed by atoms with van der Waals surface area (Å²) < 4.78 is 42.8. The van der Waals surface area contributed by atoms with Crippen LogP contribution in [0.15, 0.2) is 0 Å². The summed E-state index contributed by atoms with van der Waals surface area (Å²) in [5.41, 5.74) is -0.509. The van der Waals surface area contributed by atoms with E-state index in [1.165, 1.54) is 25.7 Å². The van der Waals surface area contributed by atoms with Gasteiger partial charge in [0, 0.05) is 13.0 Å². The van der Waals surface area contributed by atoms with Gasteiger partial charge in [-0.2, -0.15) is 0 Å².